The van der Waals surface area contributed by atoms with Crippen molar-refractivity contribution in [3.05, 3.63) is 35.4 Å². The van der Waals surface area contributed by atoms with Crippen LogP contribution in [0.2, 0.25) is 0 Å². The number of aryl methyl sites for hydroxylation is 1. The summed E-state index contributed by atoms with van der Waals surface area (Å²) in [6, 6.07) is 9.36. The van der Waals surface area contributed by atoms with Crippen LogP contribution in [0.4, 0.5) is 0 Å². The predicted octanol–water partition coefficient (Wildman–Crippen LogP) is 4.12. The molecule has 28 heavy (non-hydrogen) atoms. The van der Waals surface area contributed by atoms with E-state index in [0.717, 1.165) is 37.3 Å². The lowest BCUT2D eigenvalue weighted by Gasteiger charge is -2.55. The molecule has 1 N–H and O–H groups in total. The Bertz CT molecular complexity index is 736. The summed E-state index contributed by atoms with van der Waals surface area (Å²) in [4.78, 5) is 15.9. The molecule has 1 heterocycles. The maximum absolute atomic E-state index is 13.3. The standard InChI is InChI=1S/C25H34N2O/c28-24(25-12-17-9-18(13-25)11-19(10-17)14-25)26-22-7-8-27(16-22)15-21-6-5-20-3-1-2-4-23(20)21/h1-4,17-19,21-22H,5-16H2,(H,26,28)/t17?,18?,19?,21?,22-,25?/m0/s1. The fraction of sp³-hybridized carbons (Fsp3) is 0.720. The summed E-state index contributed by atoms with van der Waals surface area (Å²) in [5.74, 6) is 3.65. The van der Waals surface area contributed by atoms with Crippen LogP contribution in [0.25, 0.3) is 0 Å². The quantitative estimate of drug-likeness (QED) is 0.855. The van der Waals surface area contributed by atoms with Gasteiger partial charge in [-0.15, -0.1) is 0 Å². The zero-order valence-corrected chi connectivity index (χ0v) is 17.0. The van der Waals surface area contributed by atoms with E-state index in [1.165, 1.54) is 57.9 Å². The van der Waals surface area contributed by atoms with E-state index in [-0.39, 0.29) is 5.41 Å². The molecule has 1 unspecified atom stereocenters. The molecule has 1 aromatic rings. The van der Waals surface area contributed by atoms with Gasteiger partial charge in [-0.05, 0) is 92.6 Å². The molecule has 2 atom stereocenters. The number of benzene rings is 1. The van der Waals surface area contributed by atoms with E-state index in [1.807, 2.05) is 0 Å². The fourth-order valence-corrected chi connectivity index (χ4v) is 7.99. The van der Waals surface area contributed by atoms with Gasteiger partial charge in [-0.25, -0.2) is 0 Å². The second-order valence-corrected chi connectivity index (χ2v) is 10.9. The minimum absolute atomic E-state index is 0.00651. The zero-order chi connectivity index (χ0) is 18.7. The second kappa shape index (κ2) is 6.58. The van der Waals surface area contributed by atoms with Crippen LogP contribution in [0, 0.1) is 23.2 Å². The molecular weight excluding hydrogens is 344 g/mol. The van der Waals surface area contributed by atoms with E-state index in [0.29, 0.717) is 17.9 Å². The Morgan fingerprint density at radius 3 is 2.50 bits per heavy atom. The summed E-state index contributed by atoms with van der Waals surface area (Å²) in [6.45, 7) is 3.36. The molecule has 7 rings (SSSR count). The first kappa shape index (κ1) is 17.5. The van der Waals surface area contributed by atoms with E-state index >= 15 is 0 Å². The topological polar surface area (TPSA) is 32.3 Å². The molecule has 1 aliphatic heterocycles. The summed E-state index contributed by atoms with van der Waals surface area (Å²) in [5.41, 5.74) is 3.13. The molecule has 0 aromatic heterocycles. The first-order valence-electron chi connectivity index (χ1n) is 11.8. The number of carbonyl (C=O) groups is 1. The van der Waals surface area contributed by atoms with Crippen LogP contribution in [0.5, 0.6) is 0 Å². The van der Waals surface area contributed by atoms with Gasteiger partial charge in [0.2, 0.25) is 5.91 Å². The van der Waals surface area contributed by atoms with Gasteiger partial charge in [-0.2, -0.15) is 0 Å². The fourth-order valence-electron chi connectivity index (χ4n) is 7.99. The Hall–Kier alpha value is -1.35. The van der Waals surface area contributed by atoms with Gasteiger partial charge in [0, 0.05) is 31.1 Å². The van der Waals surface area contributed by atoms with Gasteiger partial charge in [-0.1, -0.05) is 24.3 Å². The lowest BCUT2D eigenvalue weighted by Crippen LogP contribution is -2.55. The molecule has 5 aliphatic carbocycles. The SMILES string of the molecule is O=C(N[C@H]1CCN(CC2CCc3ccccc32)C1)C12CC3CC(CC(C3)C1)C2. The molecule has 3 heteroatoms. The molecular formula is C25H34N2O. The average molecular weight is 379 g/mol. The summed E-state index contributed by atoms with van der Waals surface area (Å²) in [7, 11) is 0. The van der Waals surface area contributed by atoms with Crippen molar-refractivity contribution in [3.8, 4) is 0 Å². The largest absolute Gasteiger partial charge is 0.352 e. The van der Waals surface area contributed by atoms with Crippen LogP contribution in [-0.4, -0.2) is 36.5 Å². The number of hydrogen-bond acceptors (Lipinski definition) is 2. The minimum Gasteiger partial charge on any atom is -0.352 e. The summed E-state index contributed by atoms with van der Waals surface area (Å²) in [5, 5.41) is 3.53. The highest BCUT2D eigenvalue weighted by atomic mass is 16.2. The lowest BCUT2D eigenvalue weighted by molar-refractivity contribution is -0.146. The van der Waals surface area contributed by atoms with Crippen LogP contribution in [0.3, 0.4) is 0 Å². The van der Waals surface area contributed by atoms with Gasteiger partial charge in [0.25, 0.3) is 0 Å². The maximum atomic E-state index is 13.3. The van der Waals surface area contributed by atoms with Crippen molar-refractivity contribution < 1.29 is 4.79 Å². The van der Waals surface area contributed by atoms with Crippen LogP contribution in [0.15, 0.2) is 24.3 Å². The number of amides is 1. The number of hydrogen-bond donors (Lipinski definition) is 1. The third kappa shape index (κ3) is 2.93. The highest BCUT2D eigenvalue weighted by molar-refractivity contribution is 5.83. The van der Waals surface area contributed by atoms with E-state index in [1.54, 1.807) is 11.1 Å². The summed E-state index contributed by atoms with van der Waals surface area (Å²) >= 11 is 0. The van der Waals surface area contributed by atoms with Crippen molar-refractivity contribution in [2.24, 2.45) is 23.2 Å². The van der Waals surface area contributed by atoms with E-state index in [9.17, 15) is 4.79 Å². The van der Waals surface area contributed by atoms with Crippen LogP contribution < -0.4 is 5.32 Å². The Labute approximate surface area is 169 Å². The van der Waals surface area contributed by atoms with Crippen molar-refractivity contribution in [2.75, 3.05) is 19.6 Å². The smallest absolute Gasteiger partial charge is 0.226 e. The van der Waals surface area contributed by atoms with Crippen molar-refractivity contribution in [1.29, 1.82) is 0 Å². The highest BCUT2D eigenvalue weighted by Crippen LogP contribution is 2.60. The van der Waals surface area contributed by atoms with Crippen LogP contribution >= 0.6 is 0 Å². The van der Waals surface area contributed by atoms with Crippen molar-refractivity contribution in [1.82, 2.24) is 10.2 Å². The number of fused-ring (bicyclic) bond motifs is 1. The van der Waals surface area contributed by atoms with E-state index < -0.39 is 0 Å². The van der Waals surface area contributed by atoms with Crippen LogP contribution in [-0.2, 0) is 11.2 Å². The molecule has 1 aromatic carbocycles. The maximum Gasteiger partial charge on any atom is 0.226 e. The molecule has 3 nitrogen and oxygen atoms in total. The third-order valence-electron chi connectivity index (χ3n) is 8.86. The van der Waals surface area contributed by atoms with Gasteiger partial charge >= 0.3 is 0 Å². The molecule has 4 bridgehead atoms. The Morgan fingerprint density at radius 2 is 1.75 bits per heavy atom. The average Bonchev–Trinajstić information content (AvgIpc) is 3.28. The van der Waals surface area contributed by atoms with Crippen molar-refractivity contribution >= 4 is 5.91 Å². The molecule has 0 spiro atoms. The summed E-state index contributed by atoms with van der Waals surface area (Å²) in [6.07, 6.45) is 11.4. The Morgan fingerprint density at radius 1 is 1.04 bits per heavy atom. The van der Waals surface area contributed by atoms with E-state index in [2.05, 4.69) is 34.5 Å². The Kier molecular flexibility index (Phi) is 4.12. The molecule has 5 fully saturated rings. The lowest BCUT2D eigenvalue weighted by atomic mass is 9.49. The number of likely N-dealkylation sites (tertiary alicyclic amines) is 1. The molecule has 4 saturated carbocycles. The number of rotatable bonds is 4. The number of nitrogens with zero attached hydrogens (tertiary/aromatic N) is 1. The van der Waals surface area contributed by atoms with Gasteiger partial charge in [-0.3, -0.25) is 4.79 Å². The van der Waals surface area contributed by atoms with Crippen molar-refractivity contribution in [2.45, 2.75) is 69.7 Å². The molecule has 0 radical (unpaired) electrons. The normalized spacial score (nSPS) is 41.4. The third-order valence-corrected chi connectivity index (χ3v) is 8.86. The minimum atomic E-state index is 0.00651. The monoisotopic (exact) mass is 378 g/mol. The first-order valence-corrected chi connectivity index (χ1v) is 11.8. The van der Waals surface area contributed by atoms with Gasteiger partial charge < -0.3 is 10.2 Å². The predicted molar refractivity (Wildman–Crippen MR) is 111 cm³/mol. The molecule has 1 amide bonds. The molecule has 150 valence electrons. The Balaban J connectivity index is 1.07. The zero-order valence-electron chi connectivity index (χ0n) is 17.0. The van der Waals surface area contributed by atoms with Crippen molar-refractivity contribution in [3.63, 3.8) is 0 Å². The van der Waals surface area contributed by atoms with Gasteiger partial charge in [0.1, 0.15) is 0 Å². The highest BCUT2D eigenvalue weighted by Gasteiger charge is 2.54. The first-order chi connectivity index (χ1) is 13.7. The number of nitrogens with one attached hydrogen (secondary N) is 1. The van der Waals surface area contributed by atoms with Crippen LogP contribution in [0.1, 0.15) is 68.4 Å². The molecule has 6 aliphatic rings. The number of carbonyl (C=O) groups excluding carboxylic acids is 1. The van der Waals surface area contributed by atoms with Gasteiger partial charge in [0.15, 0.2) is 0 Å². The van der Waals surface area contributed by atoms with E-state index in [4.69, 9.17) is 0 Å². The molecule has 1 saturated heterocycles. The second-order valence-electron chi connectivity index (χ2n) is 10.9. The van der Waals surface area contributed by atoms with Gasteiger partial charge in [0.05, 0.1) is 0 Å². The summed E-state index contributed by atoms with van der Waals surface area (Å²) < 4.78 is 0.